The average Bonchev–Trinajstić information content (AvgIpc) is 3.69. The first-order valence-electron chi connectivity index (χ1n) is 16.8. The van der Waals surface area contributed by atoms with Gasteiger partial charge in [0.15, 0.2) is 26.0 Å². The Hall–Kier alpha value is -4.33. The van der Waals surface area contributed by atoms with Crippen LogP contribution in [0.5, 0.6) is 11.5 Å². The van der Waals surface area contributed by atoms with Gasteiger partial charge in [-0.25, -0.2) is 15.0 Å². The Bertz CT molecular complexity index is 1830. The van der Waals surface area contributed by atoms with Gasteiger partial charge >= 0.3 is 0 Å². The van der Waals surface area contributed by atoms with Crippen LogP contribution in [0, 0.1) is 0 Å². The molecule has 6 rings (SSSR count). The highest BCUT2D eigenvalue weighted by molar-refractivity contribution is 6.74. The number of aromatic nitrogens is 4. The van der Waals surface area contributed by atoms with Crippen molar-refractivity contribution < 1.29 is 28.5 Å². The molecule has 1 aliphatic rings. The number of rotatable bonds is 12. The number of benzene rings is 3. The van der Waals surface area contributed by atoms with Crippen LogP contribution in [0.25, 0.3) is 11.2 Å². The summed E-state index contributed by atoms with van der Waals surface area (Å²) < 4.78 is 33.7. The second-order valence-corrected chi connectivity index (χ2v) is 18.8. The number of nitrogens with zero attached hydrogens (tertiary/aromatic N) is 4. The van der Waals surface area contributed by atoms with Gasteiger partial charge in [-0.2, -0.15) is 0 Å². The van der Waals surface area contributed by atoms with Crippen LogP contribution < -0.4 is 14.8 Å². The van der Waals surface area contributed by atoms with E-state index in [9.17, 15) is 5.11 Å². The standard InChI is InChI=1S/C38H47N5O6Si/c1-37(2,3)50(7,8)49-33-32(44)30(48-36(33)43-24-42-31-34(39-4)40-23-41-35(31)43)22-47-38(25-12-10-9-11-13-25,26-14-18-28(45-5)19-15-26)27-16-20-29(46-6)21-17-27/h9-21,23-24,30,32-33,36,44H,22H2,1-8H3,(H,39,40,41)/t30-,32-,33-,36-/m1/s1. The number of anilines is 1. The monoisotopic (exact) mass is 697 g/mol. The topological polar surface area (TPSA) is 122 Å². The number of hydrogen-bond acceptors (Lipinski definition) is 10. The Morgan fingerprint density at radius 2 is 1.42 bits per heavy atom. The number of fused-ring (bicyclic) bond motifs is 1. The molecule has 5 aromatic rings. The van der Waals surface area contributed by atoms with Crippen LogP contribution in [-0.2, 0) is 19.5 Å². The first-order chi connectivity index (χ1) is 23.9. The van der Waals surface area contributed by atoms with Crippen LogP contribution in [0.1, 0.15) is 43.7 Å². The van der Waals surface area contributed by atoms with Gasteiger partial charge in [0.1, 0.15) is 47.3 Å². The molecule has 2 aromatic heterocycles. The molecule has 0 unspecified atom stereocenters. The molecule has 0 bridgehead atoms. The minimum atomic E-state index is -2.40. The second kappa shape index (κ2) is 14.1. The van der Waals surface area contributed by atoms with E-state index in [1.54, 1.807) is 27.6 Å². The number of hydrogen-bond donors (Lipinski definition) is 2. The summed E-state index contributed by atoms with van der Waals surface area (Å²) in [7, 11) is 2.68. The van der Waals surface area contributed by atoms with E-state index < -0.39 is 38.5 Å². The van der Waals surface area contributed by atoms with Gasteiger partial charge in [-0.15, -0.1) is 0 Å². The van der Waals surface area contributed by atoms with Crippen LogP contribution >= 0.6 is 0 Å². The van der Waals surface area contributed by atoms with Crippen molar-refractivity contribution in [3.05, 3.63) is 108 Å². The normalized spacial score (nSPS) is 19.9. The van der Waals surface area contributed by atoms with Crippen molar-refractivity contribution >= 4 is 25.3 Å². The lowest BCUT2D eigenvalue weighted by atomic mass is 9.80. The Labute approximate surface area is 294 Å². The predicted octanol–water partition coefficient (Wildman–Crippen LogP) is 6.54. The summed E-state index contributed by atoms with van der Waals surface area (Å²) in [5.74, 6) is 2.05. The molecule has 1 saturated heterocycles. The van der Waals surface area contributed by atoms with E-state index in [0.717, 1.165) is 28.2 Å². The van der Waals surface area contributed by atoms with E-state index in [4.69, 9.17) is 23.4 Å². The van der Waals surface area contributed by atoms with E-state index in [-0.39, 0.29) is 11.6 Å². The fourth-order valence-electron chi connectivity index (χ4n) is 6.23. The number of ether oxygens (including phenoxy) is 4. The molecule has 0 amide bonds. The van der Waals surface area contributed by atoms with Gasteiger partial charge in [-0.3, -0.25) is 4.57 Å². The summed E-state index contributed by atoms with van der Waals surface area (Å²) >= 11 is 0. The molecule has 12 heteroatoms. The second-order valence-electron chi connectivity index (χ2n) is 14.0. The lowest BCUT2D eigenvalue weighted by molar-refractivity contribution is -0.0940. The molecule has 264 valence electrons. The highest BCUT2D eigenvalue weighted by Crippen LogP contribution is 2.45. The van der Waals surface area contributed by atoms with Gasteiger partial charge in [0.2, 0.25) is 0 Å². The molecule has 0 radical (unpaired) electrons. The third kappa shape index (κ3) is 6.49. The summed E-state index contributed by atoms with van der Waals surface area (Å²) in [5, 5.41) is 15.1. The molecule has 0 spiro atoms. The fraction of sp³-hybridized carbons (Fsp3) is 0.395. The third-order valence-electron chi connectivity index (χ3n) is 10.1. The molecule has 4 atom stereocenters. The van der Waals surface area contributed by atoms with Gasteiger partial charge in [0.25, 0.3) is 0 Å². The molecular weight excluding hydrogens is 651 g/mol. The molecule has 3 aromatic carbocycles. The summed E-state index contributed by atoms with van der Waals surface area (Å²) in [6.45, 7) is 10.9. The van der Waals surface area contributed by atoms with Crippen molar-refractivity contribution in [1.82, 2.24) is 19.5 Å². The van der Waals surface area contributed by atoms with Gasteiger partial charge in [-0.1, -0.05) is 75.4 Å². The fourth-order valence-corrected chi connectivity index (χ4v) is 7.52. The van der Waals surface area contributed by atoms with Gasteiger partial charge in [0, 0.05) is 7.05 Å². The van der Waals surface area contributed by atoms with Crippen LogP contribution in [0.4, 0.5) is 5.82 Å². The van der Waals surface area contributed by atoms with E-state index in [2.05, 4.69) is 54.1 Å². The minimum Gasteiger partial charge on any atom is -0.497 e. The molecule has 1 fully saturated rings. The smallest absolute Gasteiger partial charge is 0.192 e. The quantitative estimate of drug-likeness (QED) is 0.110. The van der Waals surface area contributed by atoms with Crippen LogP contribution in [0.15, 0.2) is 91.5 Å². The van der Waals surface area contributed by atoms with Crippen molar-refractivity contribution in [2.75, 3.05) is 33.2 Å². The predicted molar refractivity (Wildman–Crippen MR) is 195 cm³/mol. The van der Waals surface area contributed by atoms with E-state index in [1.165, 1.54) is 6.33 Å². The first-order valence-corrected chi connectivity index (χ1v) is 19.7. The zero-order valence-electron chi connectivity index (χ0n) is 30.0. The highest BCUT2D eigenvalue weighted by atomic mass is 28.4. The Morgan fingerprint density at radius 3 is 1.96 bits per heavy atom. The molecular formula is C38H47N5O6Si. The summed E-state index contributed by atoms with van der Waals surface area (Å²) in [5.41, 5.74) is 2.75. The number of aliphatic hydroxyl groups is 1. The Balaban J connectivity index is 1.43. The molecule has 0 saturated carbocycles. The maximum Gasteiger partial charge on any atom is 0.192 e. The summed E-state index contributed by atoms with van der Waals surface area (Å²) in [6, 6.07) is 25.8. The number of nitrogens with one attached hydrogen (secondary N) is 1. The van der Waals surface area contributed by atoms with Crippen molar-refractivity contribution in [3.63, 3.8) is 0 Å². The molecule has 2 N–H and O–H groups in total. The summed E-state index contributed by atoms with van der Waals surface area (Å²) in [4.78, 5) is 13.5. The van der Waals surface area contributed by atoms with Crippen LogP contribution in [-0.4, -0.2) is 79.1 Å². The lowest BCUT2D eigenvalue weighted by Gasteiger charge is -2.40. The van der Waals surface area contributed by atoms with Gasteiger partial charge in [-0.05, 0) is 59.1 Å². The van der Waals surface area contributed by atoms with E-state index in [0.29, 0.717) is 17.0 Å². The van der Waals surface area contributed by atoms with Crippen molar-refractivity contribution in [2.24, 2.45) is 0 Å². The maximum atomic E-state index is 12.1. The number of methoxy groups -OCH3 is 2. The van der Waals surface area contributed by atoms with Crippen molar-refractivity contribution in [1.29, 1.82) is 0 Å². The van der Waals surface area contributed by atoms with Crippen LogP contribution in [0.2, 0.25) is 18.1 Å². The Morgan fingerprint density at radius 1 is 0.840 bits per heavy atom. The number of aliphatic hydroxyl groups excluding tert-OH is 1. The largest absolute Gasteiger partial charge is 0.497 e. The van der Waals surface area contributed by atoms with E-state index >= 15 is 0 Å². The molecule has 0 aliphatic carbocycles. The molecule has 3 heterocycles. The minimum absolute atomic E-state index is 0.0331. The highest BCUT2D eigenvalue weighted by Gasteiger charge is 2.52. The maximum absolute atomic E-state index is 12.1. The summed E-state index contributed by atoms with van der Waals surface area (Å²) in [6.07, 6.45) is -0.0885. The zero-order valence-corrected chi connectivity index (χ0v) is 31.0. The van der Waals surface area contributed by atoms with Gasteiger partial charge < -0.3 is 33.8 Å². The van der Waals surface area contributed by atoms with Gasteiger partial charge in [0.05, 0.1) is 27.2 Å². The first kappa shape index (κ1) is 35.5. The lowest BCUT2D eigenvalue weighted by Crippen LogP contribution is -2.49. The van der Waals surface area contributed by atoms with Crippen molar-refractivity contribution in [3.8, 4) is 11.5 Å². The SMILES string of the molecule is CNc1ncnc2c1ncn2[C@@H]1O[C@H](COC(c2ccccc2)(c2ccc(OC)cc2)c2ccc(OC)cc2)[C@@H](O)[C@H]1O[Si](C)(C)C(C)(C)C. The Kier molecular flexibility index (Phi) is 10.0. The van der Waals surface area contributed by atoms with E-state index in [1.807, 2.05) is 83.4 Å². The molecule has 50 heavy (non-hydrogen) atoms. The number of imidazole rings is 1. The average molecular weight is 698 g/mol. The van der Waals surface area contributed by atoms with Crippen LogP contribution in [0.3, 0.4) is 0 Å². The molecule has 1 aliphatic heterocycles. The molecule has 11 nitrogen and oxygen atoms in total. The van der Waals surface area contributed by atoms with Crippen molar-refractivity contribution in [2.45, 2.75) is 69.0 Å². The zero-order chi connectivity index (χ0) is 35.7. The third-order valence-corrected chi connectivity index (χ3v) is 14.5.